The summed E-state index contributed by atoms with van der Waals surface area (Å²) in [6.45, 7) is 1.53. The first-order chi connectivity index (χ1) is 9.58. The number of nitrogens with zero attached hydrogens (tertiary/aromatic N) is 2. The lowest BCUT2D eigenvalue weighted by atomic mass is 9.85. The van der Waals surface area contributed by atoms with E-state index in [4.69, 9.17) is 4.74 Å². The van der Waals surface area contributed by atoms with Crippen molar-refractivity contribution in [1.82, 2.24) is 0 Å². The number of hydrogen-bond donors (Lipinski definition) is 1. The second kappa shape index (κ2) is 4.75. The Morgan fingerprint density at radius 1 is 1.50 bits per heavy atom. The molecule has 0 unspecified atom stereocenters. The molecule has 0 amide bonds. The molecule has 7 nitrogen and oxygen atoms in total. The van der Waals surface area contributed by atoms with Gasteiger partial charge < -0.3 is 14.7 Å². The van der Waals surface area contributed by atoms with Gasteiger partial charge in [0.2, 0.25) is 0 Å². The van der Waals surface area contributed by atoms with Crippen LogP contribution in [0.4, 0.5) is 11.4 Å². The van der Waals surface area contributed by atoms with Crippen molar-refractivity contribution in [2.24, 2.45) is 5.92 Å². The Kier molecular flexibility index (Phi) is 3.06. The van der Waals surface area contributed by atoms with Crippen LogP contribution in [0.3, 0.4) is 0 Å². The summed E-state index contributed by atoms with van der Waals surface area (Å²) in [6, 6.07) is 4.46. The highest BCUT2D eigenvalue weighted by atomic mass is 16.6. The first kappa shape index (κ1) is 12.9. The largest absolute Gasteiger partial charge is 0.481 e. The van der Waals surface area contributed by atoms with Crippen molar-refractivity contribution >= 4 is 17.3 Å². The molecule has 0 spiro atoms. The lowest BCUT2D eigenvalue weighted by Gasteiger charge is -2.44. The van der Waals surface area contributed by atoms with Crippen molar-refractivity contribution in [2.75, 3.05) is 24.7 Å². The molecule has 3 rings (SSSR count). The van der Waals surface area contributed by atoms with Crippen molar-refractivity contribution in [1.29, 1.82) is 0 Å². The van der Waals surface area contributed by atoms with Crippen LogP contribution < -0.4 is 4.90 Å². The molecule has 2 aliphatic heterocycles. The number of nitro benzene ring substituents is 1. The molecule has 1 aromatic carbocycles. The summed E-state index contributed by atoms with van der Waals surface area (Å²) >= 11 is 0. The number of benzene rings is 1. The number of aliphatic carboxylic acids is 1. The van der Waals surface area contributed by atoms with Gasteiger partial charge >= 0.3 is 5.97 Å². The molecule has 2 aliphatic rings. The molecule has 0 bridgehead atoms. The zero-order chi connectivity index (χ0) is 14.3. The maximum absolute atomic E-state index is 11.4. The normalized spacial score (nSPS) is 24.7. The van der Waals surface area contributed by atoms with Gasteiger partial charge in [0.05, 0.1) is 30.1 Å². The quantitative estimate of drug-likeness (QED) is 0.642. The molecule has 106 valence electrons. The molecule has 2 heterocycles. The van der Waals surface area contributed by atoms with Gasteiger partial charge in [-0.25, -0.2) is 0 Å². The summed E-state index contributed by atoms with van der Waals surface area (Å²) in [5.74, 6) is -1.48. The number of non-ortho nitro benzene ring substituents is 1. The second-order valence-electron chi connectivity index (χ2n) is 5.05. The number of anilines is 1. The van der Waals surface area contributed by atoms with Gasteiger partial charge in [-0.05, 0) is 18.1 Å². The van der Waals surface area contributed by atoms with Crippen LogP contribution in [0.15, 0.2) is 18.2 Å². The van der Waals surface area contributed by atoms with Crippen LogP contribution in [0.5, 0.6) is 0 Å². The molecule has 0 aliphatic carbocycles. The number of hydrogen-bond acceptors (Lipinski definition) is 5. The number of rotatable bonds is 2. The molecule has 2 atom stereocenters. The monoisotopic (exact) mass is 278 g/mol. The number of fused-ring (bicyclic) bond motifs is 3. The van der Waals surface area contributed by atoms with Gasteiger partial charge in [0.15, 0.2) is 0 Å². The van der Waals surface area contributed by atoms with E-state index in [0.29, 0.717) is 26.2 Å². The van der Waals surface area contributed by atoms with Gasteiger partial charge in [0.25, 0.3) is 5.69 Å². The molecular formula is C13H14N2O5. The van der Waals surface area contributed by atoms with Crippen LogP contribution in [-0.2, 0) is 16.0 Å². The van der Waals surface area contributed by atoms with Crippen LogP contribution in [0.25, 0.3) is 0 Å². The van der Waals surface area contributed by atoms with Crippen LogP contribution in [0.2, 0.25) is 0 Å². The lowest BCUT2D eigenvalue weighted by molar-refractivity contribution is -0.384. The number of ether oxygens (including phenoxy) is 1. The van der Waals surface area contributed by atoms with Gasteiger partial charge in [0, 0.05) is 24.4 Å². The Hall–Kier alpha value is -2.15. The number of morpholine rings is 1. The van der Waals surface area contributed by atoms with E-state index in [1.54, 1.807) is 6.07 Å². The molecule has 20 heavy (non-hydrogen) atoms. The Labute approximate surface area is 114 Å². The van der Waals surface area contributed by atoms with Crippen molar-refractivity contribution < 1.29 is 19.6 Å². The number of carbonyl (C=O) groups is 1. The summed E-state index contributed by atoms with van der Waals surface area (Å²) in [5, 5.41) is 20.2. The van der Waals surface area contributed by atoms with E-state index in [-0.39, 0.29) is 11.7 Å². The van der Waals surface area contributed by atoms with Gasteiger partial charge in [0.1, 0.15) is 0 Å². The van der Waals surface area contributed by atoms with Crippen LogP contribution in [0, 0.1) is 16.0 Å². The fourth-order valence-electron chi connectivity index (χ4n) is 3.01. The van der Waals surface area contributed by atoms with E-state index in [2.05, 4.69) is 0 Å². The Bertz CT molecular complexity index is 574. The minimum Gasteiger partial charge on any atom is -0.481 e. The molecule has 1 aromatic rings. The molecule has 0 radical (unpaired) electrons. The van der Waals surface area contributed by atoms with Gasteiger partial charge in [-0.2, -0.15) is 0 Å². The Morgan fingerprint density at radius 3 is 3.00 bits per heavy atom. The first-order valence-electron chi connectivity index (χ1n) is 6.42. The van der Waals surface area contributed by atoms with Crippen LogP contribution >= 0.6 is 0 Å². The topological polar surface area (TPSA) is 92.9 Å². The Balaban J connectivity index is 2.04. The zero-order valence-corrected chi connectivity index (χ0v) is 10.7. The average Bonchev–Trinajstić information content (AvgIpc) is 2.45. The number of carboxylic acid groups (broad SMARTS) is 1. The highest BCUT2D eigenvalue weighted by Crippen LogP contribution is 2.37. The summed E-state index contributed by atoms with van der Waals surface area (Å²) in [5.41, 5.74) is 1.62. The SMILES string of the molecule is O=C(O)[C@H]1Cc2cc([N+](=O)[O-])ccc2N2CCOC[C@@H]12. The highest BCUT2D eigenvalue weighted by molar-refractivity contribution is 5.75. The molecular weight excluding hydrogens is 264 g/mol. The zero-order valence-electron chi connectivity index (χ0n) is 10.7. The smallest absolute Gasteiger partial charge is 0.309 e. The van der Waals surface area contributed by atoms with E-state index in [9.17, 15) is 20.0 Å². The summed E-state index contributed by atoms with van der Waals surface area (Å²) in [7, 11) is 0. The standard InChI is InChI=1S/C13H14N2O5/c16-13(17)10-6-8-5-9(15(18)19)1-2-11(8)14-3-4-20-7-12(10)14/h1-2,5,10,12H,3-4,6-7H2,(H,16,17)/t10-,12-/m0/s1. The van der Waals surface area contributed by atoms with E-state index in [0.717, 1.165) is 11.3 Å². The molecule has 1 N–H and O–H groups in total. The van der Waals surface area contributed by atoms with Gasteiger partial charge in [-0.15, -0.1) is 0 Å². The minimum atomic E-state index is -0.886. The van der Waals surface area contributed by atoms with Gasteiger partial charge in [-0.3, -0.25) is 14.9 Å². The summed E-state index contributed by atoms with van der Waals surface area (Å²) < 4.78 is 5.38. The van der Waals surface area contributed by atoms with Gasteiger partial charge in [-0.1, -0.05) is 0 Å². The molecule has 1 fully saturated rings. The van der Waals surface area contributed by atoms with Crippen molar-refractivity contribution in [3.05, 3.63) is 33.9 Å². The minimum absolute atomic E-state index is 0.000372. The van der Waals surface area contributed by atoms with Crippen LogP contribution in [0.1, 0.15) is 5.56 Å². The molecule has 0 saturated carbocycles. The second-order valence-corrected chi connectivity index (χ2v) is 5.05. The van der Waals surface area contributed by atoms with Crippen molar-refractivity contribution in [3.8, 4) is 0 Å². The predicted octanol–water partition coefficient (Wildman–Crippen LogP) is 1.06. The van der Waals surface area contributed by atoms with Crippen molar-refractivity contribution in [2.45, 2.75) is 12.5 Å². The fraction of sp³-hybridized carbons (Fsp3) is 0.462. The van der Waals surface area contributed by atoms with E-state index >= 15 is 0 Å². The van der Waals surface area contributed by atoms with Crippen LogP contribution in [-0.4, -0.2) is 41.8 Å². The number of nitro groups is 1. The first-order valence-corrected chi connectivity index (χ1v) is 6.42. The van der Waals surface area contributed by atoms with E-state index in [1.807, 2.05) is 4.90 Å². The molecule has 1 saturated heterocycles. The van der Waals surface area contributed by atoms with Crippen molar-refractivity contribution in [3.63, 3.8) is 0 Å². The van der Waals surface area contributed by atoms with E-state index in [1.165, 1.54) is 12.1 Å². The maximum atomic E-state index is 11.4. The maximum Gasteiger partial charge on any atom is 0.309 e. The van der Waals surface area contributed by atoms with E-state index < -0.39 is 16.8 Å². The Morgan fingerprint density at radius 2 is 2.30 bits per heavy atom. The third-order valence-corrected chi connectivity index (χ3v) is 3.97. The summed E-state index contributed by atoms with van der Waals surface area (Å²) in [4.78, 5) is 23.8. The molecule has 7 heteroatoms. The average molecular weight is 278 g/mol. The fourth-order valence-corrected chi connectivity index (χ4v) is 3.01. The predicted molar refractivity (Wildman–Crippen MR) is 69.9 cm³/mol. The highest BCUT2D eigenvalue weighted by Gasteiger charge is 2.40. The third kappa shape index (κ3) is 2.00. The lowest BCUT2D eigenvalue weighted by Crippen LogP contribution is -2.54. The third-order valence-electron chi connectivity index (χ3n) is 3.97. The number of carboxylic acids is 1. The summed E-state index contributed by atoms with van der Waals surface area (Å²) in [6.07, 6.45) is 0.302. The molecule has 0 aromatic heterocycles.